The highest BCUT2D eigenvalue weighted by molar-refractivity contribution is 9.09. The molecule has 88 valence electrons. The van der Waals surface area contributed by atoms with Gasteiger partial charge in [0.25, 0.3) is 0 Å². The van der Waals surface area contributed by atoms with Gasteiger partial charge in [0.15, 0.2) is 9.84 Å². The lowest BCUT2D eigenvalue weighted by molar-refractivity contribution is 0.599. The number of benzene rings is 1. The fraction of sp³-hybridized carbons (Fsp3) is 0.333. The lowest BCUT2D eigenvalue weighted by atomic mass is 10.2. The molecule has 0 unspecified atom stereocenters. The van der Waals surface area contributed by atoms with Crippen LogP contribution in [0, 0.1) is 6.92 Å². The smallest absolute Gasteiger partial charge is 0.181 e. The van der Waals surface area contributed by atoms with E-state index in [0.29, 0.717) is 10.2 Å². The maximum absolute atomic E-state index is 11.9. The van der Waals surface area contributed by atoms with Gasteiger partial charge >= 0.3 is 0 Å². The first-order valence-electron chi connectivity index (χ1n) is 4.97. The van der Waals surface area contributed by atoms with Crippen molar-refractivity contribution in [3.63, 3.8) is 0 Å². The van der Waals surface area contributed by atoms with Crippen molar-refractivity contribution in [2.75, 3.05) is 11.1 Å². The van der Waals surface area contributed by atoms with E-state index in [-0.39, 0.29) is 5.75 Å². The van der Waals surface area contributed by atoms with Gasteiger partial charge in [-0.3, -0.25) is 0 Å². The number of aryl methyl sites for hydroxylation is 1. The zero-order valence-corrected chi connectivity index (χ0v) is 11.8. The van der Waals surface area contributed by atoms with E-state index in [4.69, 9.17) is 0 Å². The Morgan fingerprint density at radius 2 is 1.88 bits per heavy atom. The number of allylic oxidation sites excluding steroid dienone is 1. The van der Waals surface area contributed by atoms with Gasteiger partial charge in [-0.25, -0.2) is 8.42 Å². The largest absolute Gasteiger partial charge is 0.223 e. The van der Waals surface area contributed by atoms with Gasteiger partial charge in [0.1, 0.15) is 0 Å². The lowest BCUT2D eigenvalue weighted by Crippen LogP contribution is -2.05. The summed E-state index contributed by atoms with van der Waals surface area (Å²) in [7, 11) is -3.18. The zero-order chi connectivity index (χ0) is 12.2. The van der Waals surface area contributed by atoms with Crippen molar-refractivity contribution in [2.24, 2.45) is 0 Å². The van der Waals surface area contributed by atoms with Crippen LogP contribution >= 0.6 is 15.9 Å². The van der Waals surface area contributed by atoms with E-state index in [1.807, 2.05) is 26.0 Å². The fourth-order valence-corrected chi connectivity index (χ4v) is 2.62. The first kappa shape index (κ1) is 13.5. The lowest BCUT2D eigenvalue weighted by Gasteiger charge is -2.02. The Balaban J connectivity index is 2.91. The molecular weight excluding hydrogens is 288 g/mol. The molecule has 0 N–H and O–H groups in total. The van der Waals surface area contributed by atoms with E-state index in [1.165, 1.54) is 0 Å². The van der Waals surface area contributed by atoms with Crippen LogP contribution in [0.5, 0.6) is 0 Å². The highest BCUT2D eigenvalue weighted by atomic mass is 79.9. The predicted octanol–water partition coefficient (Wildman–Crippen LogP) is 3.11. The van der Waals surface area contributed by atoms with Gasteiger partial charge in [-0.1, -0.05) is 45.3 Å². The molecule has 0 atom stereocenters. The summed E-state index contributed by atoms with van der Waals surface area (Å²) >= 11 is 3.29. The monoisotopic (exact) mass is 302 g/mol. The Morgan fingerprint density at radius 3 is 2.38 bits per heavy atom. The van der Waals surface area contributed by atoms with Crippen LogP contribution in [0.1, 0.15) is 12.5 Å². The van der Waals surface area contributed by atoms with E-state index in [2.05, 4.69) is 15.9 Å². The van der Waals surface area contributed by atoms with Crippen LogP contribution in [0.15, 0.2) is 40.8 Å². The summed E-state index contributed by atoms with van der Waals surface area (Å²) < 4.78 is 23.8. The topological polar surface area (TPSA) is 34.1 Å². The Kier molecular flexibility index (Phi) is 4.74. The zero-order valence-electron chi connectivity index (χ0n) is 9.40. The second-order valence-electron chi connectivity index (χ2n) is 3.78. The van der Waals surface area contributed by atoms with Gasteiger partial charge in [0.05, 0.1) is 10.6 Å². The van der Waals surface area contributed by atoms with Crippen molar-refractivity contribution in [1.29, 1.82) is 0 Å². The highest BCUT2D eigenvalue weighted by Gasteiger charge is 2.11. The summed E-state index contributed by atoms with van der Waals surface area (Å²) in [5.41, 5.74) is 2.09. The summed E-state index contributed by atoms with van der Waals surface area (Å²) in [6.07, 6.45) is 1.74. The molecule has 0 radical (unpaired) electrons. The van der Waals surface area contributed by atoms with E-state index < -0.39 is 9.84 Å². The Morgan fingerprint density at radius 1 is 1.31 bits per heavy atom. The molecule has 0 aliphatic heterocycles. The van der Waals surface area contributed by atoms with Crippen molar-refractivity contribution in [1.82, 2.24) is 0 Å². The summed E-state index contributed by atoms with van der Waals surface area (Å²) in [6, 6.07) is 6.94. The molecule has 2 nitrogen and oxygen atoms in total. The minimum absolute atomic E-state index is 0.0630. The maximum atomic E-state index is 11.9. The van der Waals surface area contributed by atoms with E-state index in [1.54, 1.807) is 18.2 Å². The summed E-state index contributed by atoms with van der Waals surface area (Å²) in [6.45, 7) is 3.84. The molecule has 0 amide bonds. The molecule has 4 heteroatoms. The molecule has 0 aromatic heterocycles. The number of alkyl halides is 1. The van der Waals surface area contributed by atoms with E-state index >= 15 is 0 Å². The summed E-state index contributed by atoms with van der Waals surface area (Å²) in [5, 5.41) is 0.705. The van der Waals surface area contributed by atoms with Crippen LogP contribution in [-0.4, -0.2) is 19.5 Å². The van der Waals surface area contributed by atoms with E-state index in [9.17, 15) is 8.42 Å². The number of rotatable bonds is 4. The molecule has 0 bridgehead atoms. The Bertz CT molecular complexity index is 472. The second kappa shape index (κ2) is 5.64. The van der Waals surface area contributed by atoms with Gasteiger partial charge in [0, 0.05) is 5.33 Å². The first-order valence-corrected chi connectivity index (χ1v) is 7.74. The van der Waals surface area contributed by atoms with Crippen LogP contribution in [0.25, 0.3) is 0 Å². The molecule has 0 saturated carbocycles. The number of sulfone groups is 1. The number of hydrogen-bond donors (Lipinski definition) is 0. The van der Waals surface area contributed by atoms with Crippen LogP contribution in [0.4, 0.5) is 0 Å². The van der Waals surface area contributed by atoms with Crippen molar-refractivity contribution in [3.05, 3.63) is 41.5 Å². The Hall–Kier alpha value is -0.610. The van der Waals surface area contributed by atoms with Gasteiger partial charge < -0.3 is 0 Å². The molecule has 0 aliphatic rings. The molecule has 1 aromatic rings. The average Bonchev–Trinajstić information content (AvgIpc) is 2.26. The van der Waals surface area contributed by atoms with Gasteiger partial charge in [0.2, 0.25) is 0 Å². The van der Waals surface area contributed by atoms with Crippen LogP contribution < -0.4 is 0 Å². The Labute approximate surface area is 105 Å². The third-order valence-corrected chi connectivity index (χ3v) is 4.72. The fourth-order valence-electron chi connectivity index (χ4n) is 1.15. The number of halogens is 1. The quantitative estimate of drug-likeness (QED) is 0.632. The SMILES string of the molecule is C/C(=C\CS(=O)(=O)c1ccc(C)cc1)CBr. The molecule has 1 rings (SSSR count). The highest BCUT2D eigenvalue weighted by Crippen LogP contribution is 2.13. The standard InChI is InChI=1S/C12H15BrO2S/c1-10-3-5-12(6-4-10)16(14,15)8-7-11(2)9-13/h3-7H,8-9H2,1-2H3/b11-7+. The summed E-state index contributed by atoms with van der Waals surface area (Å²) in [5.74, 6) is 0.0630. The molecular formula is C12H15BrO2S. The molecule has 16 heavy (non-hydrogen) atoms. The third-order valence-electron chi connectivity index (χ3n) is 2.24. The van der Waals surface area contributed by atoms with Crippen molar-refractivity contribution in [2.45, 2.75) is 18.7 Å². The van der Waals surface area contributed by atoms with Gasteiger partial charge in [-0.15, -0.1) is 0 Å². The molecule has 0 spiro atoms. The van der Waals surface area contributed by atoms with Crippen molar-refractivity contribution in [3.8, 4) is 0 Å². The van der Waals surface area contributed by atoms with Crippen LogP contribution in [-0.2, 0) is 9.84 Å². The maximum Gasteiger partial charge on any atom is 0.181 e. The van der Waals surface area contributed by atoms with Gasteiger partial charge in [-0.05, 0) is 26.0 Å². The van der Waals surface area contributed by atoms with Crippen molar-refractivity contribution >= 4 is 25.8 Å². The average molecular weight is 303 g/mol. The molecule has 0 aliphatic carbocycles. The minimum atomic E-state index is -3.18. The van der Waals surface area contributed by atoms with Gasteiger partial charge in [-0.2, -0.15) is 0 Å². The predicted molar refractivity (Wildman–Crippen MR) is 70.8 cm³/mol. The normalized spacial score (nSPS) is 12.8. The minimum Gasteiger partial charge on any atom is -0.223 e. The summed E-state index contributed by atoms with van der Waals surface area (Å²) in [4.78, 5) is 0.386. The third kappa shape index (κ3) is 3.76. The van der Waals surface area contributed by atoms with Crippen LogP contribution in [0.2, 0.25) is 0 Å². The molecule has 0 fully saturated rings. The van der Waals surface area contributed by atoms with Crippen LogP contribution in [0.3, 0.4) is 0 Å². The molecule has 1 aromatic carbocycles. The number of hydrogen-bond acceptors (Lipinski definition) is 2. The first-order chi connectivity index (χ1) is 7.45. The van der Waals surface area contributed by atoms with Crippen molar-refractivity contribution < 1.29 is 8.42 Å². The molecule has 0 heterocycles. The second-order valence-corrected chi connectivity index (χ2v) is 6.37. The molecule has 0 saturated heterocycles. The van der Waals surface area contributed by atoms with E-state index in [0.717, 1.165) is 11.1 Å².